The van der Waals surface area contributed by atoms with Gasteiger partial charge in [0.15, 0.2) is 12.2 Å². The summed E-state index contributed by atoms with van der Waals surface area (Å²) in [5.74, 6) is -1.35. The summed E-state index contributed by atoms with van der Waals surface area (Å²) in [6.07, 6.45) is 59.0. The molecule has 0 saturated carbocycles. The SMILES string of the molecule is CCCCCC/C=C\C=C/CCCCCCCC(=O)OC[C@H](COP(=O)(O)OC[C@@H](O)COP(=O)(O)OC[C@@H](COC(=O)CCCCCCCCCC)OC(=O)CCCCCCCCCCCCCCC)OC(=O)CCCCCCCCCCCCCCCCCC(C)C. The van der Waals surface area contributed by atoms with Crippen LogP contribution in [0.15, 0.2) is 24.3 Å². The molecule has 19 heteroatoms. The van der Waals surface area contributed by atoms with Crippen molar-refractivity contribution in [3.05, 3.63) is 24.3 Å². The fourth-order valence-electron chi connectivity index (χ4n) is 11.0. The molecule has 0 spiro atoms. The maximum absolute atomic E-state index is 13.1. The molecule has 5 atom stereocenters. The maximum Gasteiger partial charge on any atom is 0.472 e. The monoisotopic (exact) mass is 1380 g/mol. The molecule has 554 valence electrons. The lowest BCUT2D eigenvalue weighted by molar-refractivity contribution is -0.161. The molecule has 94 heavy (non-hydrogen) atoms. The highest BCUT2D eigenvalue weighted by atomic mass is 31.2. The number of phosphoric acid groups is 2. The second kappa shape index (κ2) is 67.7. The van der Waals surface area contributed by atoms with Gasteiger partial charge in [0, 0.05) is 25.7 Å². The van der Waals surface area contributed by atoms with Crippen molar-refractivity contribution in [3.8, 4) is 0 Å². The van der Waals surface area contributed by atoms with Crippen LogP contribution in [0.1, 0.15) is 369 Å². The highest BCUT2D eigenvalue weighted by Crippen LogP contribution is 2.45. The summed E-state index contributed by atoms with van der Waals surface area (Å²) in [7, 11) is -9.92. The molecule has 0 aliphatic carbocycles. The number of unbranched alkanes of at least 4 members (excludes halogenated alkanes) is 42. The normalized spacial score (nSPS) is 14.1. The molecule has 0 saturated heterocycles. The maximum atomic E-state index is 13.1. The van der Waals surface area contributed by atoms with E-state index in [4.69, 9.17) is 37.0 Å². The van der Waals surface area contributed by atoms with Crippen molar-refractivity contribution in [1.29, 1.82) is 0 Å². The van der Waals surface area contributed by atoms with Crippen molar-refractivity contribution in [3.63, 3.8) is 0 Å². The van der Waals surface area contributed by atoms with Crippen LogP contribution in [-0.4, -0.2) is 96.7 Å². The average molecular weight is 1380 g/mol. The van der Waals surface area contributed by atoms with E-state index in [9.17, 15) is 43.2 Å². The first-order valence-corrected chi connectivity index (χ1v) is 41.4. The van der Waals surface area contributed by atoms with Crippen LogP contribution in [0.25, 0.3) is 0 Å². The van der Waals surface area contributed by atoms with Crippen LogP contribution in [0.2, 0.25) is 0 Å². The van der Waals surface area contributed by atoms with Gasteiger partial charge in [0.1, 0.15) is 19.3 Å². The molecule has 0 bridgehead atoms. The Morgan fingerprint density at radius 3 is 0.872 bits per heavy atom. The second-order valence-electron chi connectivity index (χ2n) is 26.8. The largest absolute Gasteiger partial charge is 0.472 e. The first-order chi connectivity index (χ1) is 45.5. The molecule has 0 radical (unpaired) electrons. The van der Waals surface area contributed by atoms with Crippen LogP contribution >= 0.6 is 15.6 Å². The highest BCUT2D eigenvalue weighted by Gasteiger charge is 2.30. The Balaban J connectivity index is 5.25. The molecule has 17 nitrogen and oxygen atoms in total. The fraction of sp³-hybridized carbons (Fsp3) is 0.893. The third kappa shape index (κ3) is 68.1. The Morgan fingerprint density at radius 1 is 0.330 bits per heavy atom. The van der Waals surface area contributed by atoms with Crippen LogP contribution in [0, 0.1) is 5.92 Å². The van der Waals surface area contributed by atoms with Gasteiger partial charge in [-0.2, -0.15) is 0 Å². The molecule has 0 rings (SSSR count). The zero-order chi connectivity index (χ0) is 69.1. The van der Waals surface area contributed by atoms with E-state index in [1.807, 2.05) is 0 Å². The van der Waals surface area contributed by atoms with E-state index in [-0.39, 0.29) is 25.7 Å². The highest BCUT2D eigenvalue weighted by molar-refractivity contribution is 7.47. The molecular weight excluding hydrogens is 1230 g/mol. The van der Waals surface area contributed by atoms with Crippen molar-refractivity contribution < 1.29 is 80.2 Å². The molecule has 0 aromatic heterocycles. The molecule has 0 amide bonds. The lowest BCUT2D eigenvalue weighted by Gasteiger charge is -2.21. The number of ether oxygens (including phenoxy) is 4. The average Bonchev–Trinajstić information content (AvgIpc) is 1.10. The van der Waals surface area contributed by atoms with Crippen LogP contribution in [0.4, 0.5) is 0 Å². The van der Waals surface area contributed by atoms with Gasteiger partial charge >= 0.3 is 39.5 Å². The minimum atomic E-state index is -4.96. The number of rotatable bonds is 73. The quantitative estimate of drug-likeness (QED) is 0.0169. The lowest BCUT2D eigenvalue weighted by atomic mass is 10.0. The number of aliphatic hydroxyl groups is 1. The summed E-state index contributed by atoms with van der Waals surface area (Å²) in [5, 5.41) is 10.6. The molecule has 0 aromatic rings. The van der Waals surface area contributed by atoms with Gasteiger partial charge in [0.2, 0.25) is 0 Å². The van der Waals surface area contributed by atoms with Gasteiger partial charge < -0.3 is 33.8 Å². The first kappa shape index (κ1) is 91.5. The van der Waals surface area contributed by atoms with Crippen molar-refractivity contribution in [1.82, 2.24) is 0 Å². The van der Waals surface area contributed by atoms with E-state index < -0.39 is 97.5 Å². The minimum Gasteiger partial charge on any atom is -0.462 e. The van der Waals surface area contributed by atoms with Crippen molar-refractivity contribution in [2.75, 3.05) is 39.6 Å². The van der Waals surface area contributed by atoms with Gasteiger partial charge in [-0.3, -0.25) is 37.3 Å². The van der Waals surface area contributed by atoms with E-state index in [1.54, 1.807) is 0 Å². The van der Waals surface area contributed by atoms with E-state index in [0.29, 0.717) is 25.7 Å². The van der Waals surface area contributed by atoms with E-state index in [2.05, 4.69) is 58.9 Å². The van der Waals surface area contributed by atoms with Crippen LogP contribution in [0.5, 0.6) is 0 Å². The molecule has 0 aliphatic rings. The standard InChI is InChI=1S/C75H142O17P2/c1-6-9-12-15-18-21-23-25-27-32-35-39-44-49-54-59-73(78)86-65-71(92-75(80)61-56-51-46-41-37-33-29-26-28-31-34-38-42-47-52-57-68(4)5)67-90-94(83,84)88-63-69(76)62-87-93(81,82)89-66-70(64-85-72(77)58-53-48-43-20-17-14-11-8-3)91-74(79)60-55-50-45-40-36-30-24-22-19-16-13-10-7-2/h21,23,25,27,68-71,76H,6-20,22,24,26,28-67H2,1-5H3,(H,81,82)(H,83,84)/b23-21-,27-25-/t69-,70+,71+/m0/s1. The number of phosphoric ester groups is 2. The molecule has 0 aliphatic heterocycles. The minimum absolute atomic E-state index is 0.101. The number of hydrogen-bond donors (Lipinski definition) is 3. The van der Waals surface area contributed by atoms with E-state index in [1.165, 1.54) is 167 Å². The van der Waals surface area contributed by atoms with E-state index >= 15 is 0 Å². The Labute approximate surface area is 573 Å². The summed E-state index contributed by atoms with van der Waals surface area (Å²) in [6, 6.07) is 0. The van der Waals surface area contributed by atoms with Crippen molar-refractivity contribution in [2.24, 2.45) is 5.92 Å². The summed E-state index contributed by atoms with van der Waals surface area (Å²) in [4.78, 5) is 72.7. The molecule has 0 heterocycles. The molecule has 0 aromatic carbocycles. The lowest BCUT2D eigenvalue weighted by Crippen LogP contribution is -2.30. The summed E-state index contributed by atoms with van der Waals surface area (Å²) in [5.41, 5.74) is 0. The number of hydrogen-bond acceptors (Lipinski definition) is 15. The van der Waals surface area contributed by atoms with E-state index in [0.717, 1.165) is 121 Å². The second-order valence-corrected chi connectivity index (χ2v) is 29.7. The van der Waals surface area contributed by atoms with Crippen LogP contribution < -0.4 is 0 Å². The van der Waals surface area contributed by atoms with Gasteiger partial charge in [-0.05, 0) is 57.3 Å². The smallest absolute Gasteiger partial charge is 0.462 e. The van der Waals surface area contributed by atoms with Crippen LogP contribution in [-0.2, 0) is 65.4 Å². The number of allylic oxidation sites excluding steroid dienone is 4. The zero-order valence-electron chi connectivity index (χ0n) is 60.6. The molecule has 3 N–H and O–H groups in total. The summed E-state index contributed by atoms with van der Waals surface area (Å²) < 4.78 is 68.4. The predicted molar refractivity (Wildman–Crippen MR) is 381 cm³/mol. The third-order valence-corrected chi connectivity index (χ3v) is 18.8. The van der Waals surface area contributed by atoms with Gasteiger partial charge in [0.25, 0.3) is 0 Å². The van der Waals surface area contributed by atoms with Gasteiger partial charge in [-0.25, -0.2) is 9.13 Å². The first-order valence-electron chi connectivity index (χ1n) is 38.5. The number of esters is 4. The molecule has 2 unspecified atom stereocenters. The Bertz CT molecular complexity index is 1900. The Morgan fingerprint density at radius 2 is 0.574 bits per heavy atom. The number of carbonyl (C=O) groups excluding carboxylic acids is 4. The summed E-state index contributed by atoms with van der Waals surface area (Å²) in [6.45, 7) is 7.22. The van der Waals surface area contributed by atoms with Crippen molar-refractivity contribution >= 4 is 39.5 Å². The third-order valence-electron chi connectivity index (χ3n) is 16.9. The number of aliphatic hydroxyl groups excluding tert-OH is 1. The Kier molecular flexibility index (Phi) is 65.9. The summed E-state index contributed by atoms with van der Waals surface area (Å²) >= 11 is 0. The van der Waals surface area contributed by atoms with Gasteiger partial charge in [-0.1, -0.05) is 316 Å². The zero-order valence-corrected chi connectivity index (χ0v) is 62.4. The van der Waals surface area contributed by atoms with Crippen LogP contribution in [0.3, 0.4) is 0 Å². The predicted octanol–water partition coefficient (Wildman–Crippen LogP) is 21.6. The topological polar surface area (TPSA) is 237 Å². The molecular formula is C75H142O17P2. The molecule has 0 fully saturated rings. The van der Waals surface area contributed by atoms with Gasteiger partial charge in [-0.15, -0.1) is 0 Å². The fourth-order valence-corrected chi connectivity index (χ4v) is 12.6. The van der Waals surface area contributed by atoms with Crippen molar-refractivity contribution in [2.45, 2.75) is 387 Å². The van der Waals surface area contributed by atoms with Gasteiger partial charge in [0.05, 0.1) is 26.4 Å². The number of carbonyl (C=O) groups is 4. The Hall–Kier alpha value is -2.46.